The maximum Gasteiger partial charge on any atom is 0.335 e. The Balaban J connectivity index is 2.75. The molecule has 1 aliphatic rings. The van der Waals surface area contributed by atoms with Gasteiger partial charge in [-0.2, -0.15) is 0 Å². The molecule has 0 aromatic heterocycles. The van der Waals surface area contributed by atoms with Gasteiger partial charge in [-0.3, -0.25) is 14.4 Å². The molecule has 6 unspecified atom stereocenters. The zero-order valence-electron chi connectivity index (χ0n) is 44.2. The predicted octanol–water partition coefficient (Wildman–Crippen LogP) is 13.6. The Labute approximate surface area is 429 Å². The van der Waals surface area contributed by atoms with Gasteiger partial charge < -0.3 is 39.0 Å². The summed E-state index contributed by atoms with van der Waals surface area (Å²) in [6.45, 7) is 5.68. The Morgan fingerprint density at radius 3 is 1.38 bits per heavy atom. The van der Waals surface area contributed by atoms with E-state index in [0.717, 1.165) is 128 Å². The van der Waals surface area contributed by atoms with E-state index in [1.54, 1.807) is 0 Å². The Kier molecular flexibility index (Phi) is 42.9. The molecular weight excluding hydrogens is 901 g/mol. The number of aliphatic hydroxyl groups is 2. The lowest BCUT2D eigenvalue weighted by atomic mass is 9.98. The lowest BCUT2D eigenvalue weighted by molar-refractivity contribution is -0.301. The van der Waals surface area contributed by atoms with Crippen LogP contribution in [0.5, 0.6) is 0 Å². The molecule has 0 radical (unpaired) electrons. The number of ether oxygens (including phenoxy) is 5. The summed E-state index contributed by atoms with van der Waals surface area (Å²) in [7, 11) is 0. The van der Waals surface area contributed by atoms with Gasteiger partial charge in [-0.15, -0.1) is 0 Å². The normalized spacial score (nSPS) is 19.1. The van der Waals surface area contributed by atoms with E-state index in [1.165, 1.54) is 25.7 Å². The summed E-state index contributed by atoms with van der Waals surface area (Å²) in [5.74, 6) is -3.20. The van der Waals surface area contributed by atoms with Crippen molar-refractivity contribution in [1.82, 2.24) is 0 Å². The van der Waals surface area contributed by atoms with Crippen LogP contribution < -0.4 is 0 Å². The van der Waals surface area contributed by atoms with Crippen molar-refractivity contribution in [3.8, 4) is 0 Å². The van der Waals surface area contributed by atoms with Crippen LogP contribution >= 0.6 is 0 Å². The van der Waals surface area contributed by atoms with Crippen LogP contribution in [0.15, 0.2) is 85.1 Å². The second-order valence-corrected chi connectivity index (χ2v) is 18.4. The molecule has 404 valence electrons. The third kappa shape index (κ3) is 37.3. The third-order valence-electron chi connectivity index (χ3n) is 11.9. The SMILES string of the molecule is CC/C=C\C/C=C\C/C=C\CCCCCCCC(=O)OCC(COC1OC(C(=O)O)C(O)C(O)C1OC(=O)CCCCCCC/C=C\CCCCCC)OC(=O)CCCCC/C=C\C/C=C\C/C=C\CC. The average Bonchev–Trinajstić information content (AvgIpc) is 3.35. The van der Waals surface area contributed by atoms with Crippen LogP contribution in [0.25, 0.3) is 0 Å². The highest BCUT2D eigenvalue weighted by Crippen LogP contribution is 2.26. The van der Waals surface area contributed by atoms with Gasteiger partial charge in [0, 0.05) is 19.3 Å². The molecule has 0 spiro atoms. The number of carbonyl (C=O) groups is 4. The standard InChI is InChI=1S/C59H96O12/c1-4-7-10-13-16-19-22-25-26-29-30-33-36-39-42-45-51(60)67-48-50(69-52(61)46-43-40-37-34-31-27-23-20-17-14-11-8-5-2)49-68-59-57(55(64)54(63)56(71-59)58(65)66)70-53(62)47-44-41-38-35-32-28-24-21-18-15-12-9-6-3/h7-8,10-11,16-17,19-21,24-27,31,50,54-57,59,63-64H,4-6,9,12-15,18,22-23,28-30,32-49H2,1-3H3,(H,65,66)/b10-7-,11-8-,19-16-,20-17-,24-21-,26-25-,31-27-. The molecule has 0 aromatic rings. The molecular formula is C59H96O12. The third-order valence-corrected chi connectivity index (χ3v) is 11.9. The molecule has 12 nitrogen and oxygen atoms in total. The molecule has 1 heterocycles. The van der Waals surface area contributed by atoms with Crippen molar-refractivity contribution in [2.45, 2.75) is 250 Å². The lowest BCUT2D eigenvalue weighted by Gasteiger charge is -2.40. The van der Waals surface area contributed by atoms with Gasteiger partial charge >= 0.3 is 23.9 Å². The summed E-state index contributed by atoms with van der Waals surface area (Å²) in [6.07, 6.45) is 47.1. The van der Waals surface area contributed by atoms with Crippen LogP contribution in [0.4, 0.5) is 0 Å². The van der Waals surface area contributed by atoms with E-state index in [9.17, 15) is 34.5 Å². The molecule has 71 heavy (non-hydrogen) atoms. The Bertz CT molecular complexity index is 1560. The van der Waals surface area contributed by atoms with Crippen molar-refractivity contribution in [1.29, 1.82) is 0 Å². The fourth-order valence-electron chi connectivity index (χ4n) is 7.74. The average molecular weight is 997 g/mol. The van der Waals surface area contributed by atoms with Gasteiger partial charge in [0.2, 0.25) is 0 Å². The first-order chi connectivity index (χ1) is 34.6. The minimum Gasteiger partial charge on any atom is -0.479 e. The largest absolute Gasteiger partial charge is 0.479 e. The molecule has 0 aromatic carbocycles. The summed E-state index contributed by atoms with van der Waals surface area (Å²) >= 11 is 0. The fourth-order valence-corrected chi connectivity index (χ4v) is 7.74. The van der Waals surface area contributed by atoms with Gasteiger partial charge in [0.25, 0.3) is 0 Å². The second-order valence-electron chi connectivity index (χ2n) is 18.4. The first-order valence-corrected chi connectivity index (χ1v) is 27.6. The van der Waals surface area contributed by atoms with Gasteiger partial charge in [0.1, 0.15) is 18.8 Å². The monoisotopic (exact) mass is 997 g/mol. The van der Waals surface area contributed by atoms with Gasteiger partial charge in [0.15, 0.2) is 24.6 Å². The van der Waals surface area contributed by atoms with Crippen LogP contribution in [-0.4, -0.2) is 89.2 Å². The second kappa shape index (κ2) is 46.9. The van der Waals surface area contributed by atoms with Crippen molar-refractivity contribution in [3.63, 3.8) is 0 Å². The summed E-state index contributed by atoms with van der Waals surface area (Å²) in [4.78, 5) is 50.9. The van der Waals surface area contributed by atoms with Crippen LogP contribution in [0.3, 0.4) is 0 Å². The van der Waals surface area contributed by atoms with Crippen molar-refractivity contribution in [3.05, 3.63) is 85.1 Å². The van der Waals surface area contributed by atoms with E-state index in [2.05, 4.69) is 106 Å². The zero-order valence-corrected chi connectivity index (χ0v) is 44.2. The number of aliphatic hydroxyl groups excluding tert-OH is 2. The van der Waals surface area contributed by atoms with E-state index in [4.69, 9.17) is 23.7 Å². The van der Waals surface area contributed by atoms with Gasteiger partial charge in [-0.25, -0.2) is 4.79 Å². The molecule has 0 amide bonds. The first-order valence-electron chi connectivity index (χ1n) is 27.6. The number of esters is 3. The minimum absolute atomic E-state index is 0.0419. The smallest absolute Gasteiger partial charge is 0.335 e. The van der Waals surface area contributed by atoms with Crippen LogP contribution in [0.1, 0.15) is 213 Å². The van der Waals surface area contributed by atoms with E-state index in [1.807, 2.05) is 0 Å². The number of allylic oxidation sites excluding steroid dienone is 14. The van der Waals surface area contributed by atoms with Crippen molar-refractivity contribution >= 4 is 23.9 Å². The van der Waals surface area contributed by atoms with Gasteiger partial charge in [0.05, 0.1) is 6.61 Å². The van der Waals surface area contributed by atoms with E-state index in [0.29, 0.717) is 19.3 Å². The summed E-state index contributed by atoms with van der Waals surface area (Å²) in [5.41, 5.74) is 0. The highest BCUT2D eigenvalue weighted by atomic mass is 16.7. The van der Waals surface area contributed by atoms with Crippen molar-refractivity contribution < 1.29 is 58.2 Å². The van der Waals surface area contributed by atoms with Crippen LogP contribution in [-0.2, 0) is 42.9 Å². The molecule has 0 bridgehead atoms. The number of unbranched alkanes of at least 4 members (excludes halogenated alkanes) is 17. The number of carboxylic acid groups (broad SMARTS) is 1. The molecule has 1 rings (SSSR count). The summed E-state index contributed by atoms with van der Waals surface area (Å²) < 4.78 is 28.3. The maximum absolute atomic E-state index is 13.1. The van der Waals surface area contributed by atoms with Gasteiger partial charge in [-0.1, -0.05) is 170 Å². The molecule has 1 aliphatic heterocycles. The summed E-state index contributed by atoms with van der Waals surface area (Å²) in [5, 5.41) is 31.4. The molecule has 3 N–H and O–H groups in total. The maximum atomic E-state index is 13.1. The Hall–Kier alpha value is -4.10. The molecule has 6 atom stereocenters. The molecule has 0 saturated carbocycles. The van der Waals surface area contributed by atoms with Crippen LogP contribution in [0, 0.1) is 0 Å². The molecule has 1 fully saturated rings. The number of hydrogen-bond acceptors (Lipinski definition) is 11. The van der Waals surface area contributed by atoms with Crippen molar-refractivity contribution in [2.24, 2.45) is 0 Å². The Morgan fingerprint density at radius 2 is 0.887 bits per heavy atom. The number of carboxylic acids is 1. The highest BCUT2D eigenvalue weighted by Gasteiger charge is 2.50. The predicted molar refractivity (Wildman–Crippen MR) is 284 cm³/mol. The number of carbonyl (C=O) groups excluding carboxylic acids is 3. The number of hydrogen-bond donors (Lipinski definition) is 3. The number of aliphatic carboxylic acids is 1. The van der Waals surface area contributed by atoms with Crippen LogP contribution in [0.2, 0.25) is 0 Å². The van der Waals surface area contributed by atoms with E-state index < -0.39 is 67.3 Å². The van der Waals surface area contributed by atoms with E-state index >= 15 is 0 Å². The van der Waals surface area contributed by atoms with Crippen molar-refractivity contribution in [2.75, 3.05) is 13.2 Å². The van der Waals surface area contributed by atoms with E-state index in [-0.39, 0.29) is 25.9 Å². The highest BCUT2D eigenvalue weighted by molar-refractivity contribution is 5.74. The zero-order chi connectivity index (χ0) is 51.8. The topological polar surface area (TPSA) is 175 Å². The fraction of sp³-hybridized carbons (Fsp3) is 0.695. The summed E-state index contributed by atoms with van der Waals surface area (Å²) in [6, 6.07) is 0. The molecule has 12 heteroatoms. The first kappa shape index (κ1) is 64.9. The van der Waals surface area contributed by atoms with Gasteiger partial charge in [-0.05, 0) is 109 Å². The molecule has 0 aliphatic carbocycles. The Morgan fingerprint density at radius 1 is 0.479 bits per heavy atom. The number of rotatable bonds is 45. The molecule has 1 saturated heterocycles. The lowest BCUT2D eigenvalue weighted by Crippen LogP contribution is -2.61. The quantitative estimate of drug-likeness (QED) is 0.0228. The minimum atomic E-state index is -1.91.